The van der Waals surface area contributed by atoms with Crippen molar-refractivity contribution >= 4 is 21.7 Å². The quantitative estimate of drug-likeness (QED) is 0.847. The van der Waals surface area contributed by atoms with Crippen molar-refractivity contribution in [3.8, 4) is 5.75 Å². The number of nitrogens with zero attached hydrogens (tertiary/aromatic N) is 1. The van der Waals surface area contributed by atoms with Gasteiger partial charge in [-0.2, -0.15) is 0 Å². The first-order valence-electron chi connectivity index (χ1n) is 6.21. The van der Waals surface area contributed by atoms with Gasteiger partial charge in [0.15, 0.2) is 0 Å². The van der Waals surface area contributed by atoms with Crippen LogP contribution in [0.1, 0.15) is 11.3 Å². The van der Waals surface area contributed by atoms with E-state index in [0.29, 0.717) is 6.61 Å². The molecule has 1 aromatic carbocycles. The fourth-order valence-electron chi connectivity index (χ4n) is 1.70. The maximum Gasteiger partial charge on any atom is 0.126 e. The van der Waals surface area contributed by atoms with E-state index in [9.17, 15) is 0 Å². The number of aromatic nitrogens is 1. The highest BCUT2D eigenvalue weighted by atomic mass is 79.9. The van der Waals surface area contributed by atoms with Crippen LogP contribution < -0.4 is 10.1 Å². The van der Waals surface area contributed by atoms with Gasteiger partial charge < -0.3 is 10.1 Å². The number of nitrogens with one attached hydrogen (secondary N) is 1. The molecule has 0 amide bonds. The van der Waals surface area contributed by atoms with Gasteiger partial charge in [-0.3, -0.25) is 0 Å². The maximum absolute atomic E-state index is 5.66. The van der Waals surface area contributed by atoms with Crippen LogP contribution in [0.4, 0.5) is 5.82 Å². The molecule has 0 aliphatic heterocycles. The average Bonchev–Trinajstić information content (AvgIpc) is 2.39. The summed E-state index contributed by atoms with van der Waals surface area (Å²) in [5, 5.41) is 3.24. The lowest BCUT2D eigenvalue weighted by Crippen LogP contribution is -2.12. The third-order valence-electron chi connectivity index (χ3n) is 2.69. The number of ether oxygens (including phenoxy) is 1. The van der Waals surface area contributed by atoms with Gasteiger partial charge in [0.2, 0.25) is 0 Å². The van der Waals surface area contributed by atoms with Crippen molar-refractivity contribution in [2.24, 2.45) is 0 Å². The largest absolute Gasteiger partial charge is 0.492 e. The van der Waals surface area contributed by atoms with E-state index >= 15 is 0 Å². The molecule has 0 bridgehead atoms. The molecule has 0 atom stereocenters. The molecule has 3 nitrogen and oxygen atoms in total. The molecule has 4 heteroatoms. The topological polar surface area (TPSA) is 34.1 Å². The molecule has 0 unspecified atom stereocenters. The molecule has 0 spiro atoms. The number of hydrogen-bond acceptors (Lipinski definition) is 3. The van der Waals surface area contributed by atoms with E-state index in [2.05, 4.69) is 39.2 Å². The molecule has 0 saturated carbocycles. The first-order valence-corrected chi connectivity index (χ1v) is 7.01. The van der Waals surface area contributed by atoms with Crippen LogP contribution in [0.2, 0.25) is 0 Å². The van der Waals surface area contributed by atoms with Gasteiger partial charge in [-0.1, -0.05) is 12.1 Å². The third-order valence-corrected chi connectivity index (χ3v) is 3.53. The van der Waals surface area contributed by atoms with Crippen LogP contribution in [0.3, 0.4) is 0 Å². The van der Waals surface area contributed by atoms with E-state index in [-0.39, 0.29) is 0 Å². The summed E-state index contributed by atoms with van der Waals surface area (Å²) in [5.41, 5.74) is 2.18. The van der Waals surface area contributed by atoms with E-state index in [0.717, 1.165) is 28.3 Å². The number of pyridine rings is 1. The minimum Gasteiger partial charge on any atom is -0.492 e. The Hall–Kier alpha value is -1.55. The number of benzene rings is 1. The Kier molecular flexibility index (Phi) is 4.80. The van der Waals surface area contributed by atoms with Crippen molar-refractivity contribution < 1.29 is 4.74 Å². The number of halogens is 1. The Bertz CT molecular complexity index is 558. The van der Waals surface area contributed by atoms with Gasteiger partial charge in [0.1, 0.15) is 18.2 Å². The fourth-order valence-corrected chi connectivity index (χ4v) is 1.92. The van der Waals surface area contributed by atoms with Crippen LogP contribution in [0, 0.1) is 13.8 Å². The highest BCUT2D eigenvalue weighted by Crippen LogP contribution is 2.16. The molecule has 0 radical (unpaired) electrons. The summed E-state index contributed by atoms with van der Waals surface area (Å²) in [6.45, 7) is 5.36. The molecule has 0 aliphatic rings. The molecular formula is C15H17BrN2O. The van der Waals surface area contributed by atoms with Gasteiger partial charge >= 0.3 is 0 Å². The second-order valence-electron chi connectivity index (χ2n) is 4.36. The highest BCUT2D eigenvalue weighted by Gasteiger charge is 1.99. The van der Waals surface area contributed by atoms with E-state index < -0.39 is 0 Å². The van der Waals surface area contributed by atoms with Crippen molar-refractivity contribution in [2.45, 2.75) is 13.8 Å². The van der Waals surface area contributed by atoms with E-state index in [1.807, 2.05) is 37.3 Å². The summed E-state index contributed by atoms with van der Waals surface area (Å²) >= 11 is 3.43. The van der Waals surface area contributed by atoms with Gasteiger partial charge in [0.05, 0.1) is 12.2 Å². The molecule has 19 heavy (non-hydrogen) atoms. The van der Waals surface area contributed by atoms with Crippen molar-refractivity contribution in [1.29, 1.82) is 0 Å². The zero-order valence-electron chi connectivity index (χ0n) is 11.1. The second-order valence-corrected chi connectivity index (χ2v) is 5.21. The summed E-state index contributed by atoms with van der Waals surface area (Å²) in [4.78, 5) is 4.42. The van der Waals surface area contributed by atoms with Crippen LogP contribution in [0.25, 0.3) is 0 Å². The lowest BCUT2D eigenvalue weighted by atomic mass is 10.2. The van der Waals surface area contributed by atoms with Gasteiger partial charge in [0, 0.05) is 4.47 Å². The van der Waals surface area contributed by atoms with E-state index in [4.69, 9.17) is 4.74 Å². The number of hydrogen-bond donors (Lipinski definition) is 1. The van der Waals surface area contributed by atoms with E-state index in [1.165, 1.54) is 5.56 Å². The SMILES string of the molecule is Cc1cccc(OCCNc2ccc(Br)c(C)n2)c1. The van der Waals surface area contributed by atoms with Gasteiger partial charge in [-0.15, -0.1) is 0 Å². The van der Waals surface area contributed by atoms with Crippen LogP contribution in [0.5, 0.6) is 5.75 Å². The standard InChI is InChI=1S/C15H17BrN2O/c1-11-4-3-5-13(10-11)19-9-8-17-15-7-6-14(16)12(2)18-15/h3-7,10H,8-9H2,1-2H3,(H,17,18). The minimum absolute atomic E-state index is 0.611. The smallest absolute Gasteiger partial charge is 0.126 e. The van der Waals surface area contributed by atoms with Crippen LogP contribution in [0.15, 0.2) is 40.9 Å². The third kappa shape index (κ3) is 4.24. The Balaban J connectivity index is 1.79. The molecule has 1 aromatic heterocycles. The van der Waals surface area contributed by atoms with Crippen LogP contribution >= 0.6 is 15.9 Å². The van der Waals surface area contributed by atoms with Gasteiger partial charge in [-0.25, -0.2) is 4.98 Å². The van der Waals surface area contributed by atoms with Crippen molar-refractivity contribution in [1.82, 2.24) is 4.98 Å². The molecule has 2 rings (SSSR count). The molecule has 100 valence electrons. The molecular weight excluding hydrogens is 304 g/mol. The minimum atomic E-state index is 0.611. The molecule has 0 fully saturated rings. The normalized spacial score (nSPS) is 10.3. The second kappa shape index (κ2) is 6.57. The Labute approximate surface area is 122 Å². The number of anilines is 1. The summed E-state index contributed by atoms with van der Waals surface area (Å²) < 4.78 is 6.69. The summed E-state index contributed by atoms with van der Waals surface area (Å²) in [7, 11) is 0. The van der Waals surface area contributed by atoms with Crippen LogP contribution in [-0.2, 0) is 0 Å². The first-order chi connectivity index (χ1) is 9.15. The number of aryl methyl sites for hydroxylation is 2. The fraction of sp³-hybridized carbons (Fsp3) is 0.267. The van der Waals surface area contributed by atoms with Crippen molar-refractivity contribution in [3.05, 3.63) is 52.1 Å². The summed E-state index contributed by atoms with van der Waals surface area (Å²) in [5.74, 6) is 1.77. The molecule has 2 aromatic rings. The predicted octanol–water partition coefficient (Wildman–Crippen LogP) is 3.95. The summed E-state index contributed by atoms with van der Waals surface area (Å²) in [6.07, 6.45) is 0. The van der Waals surface area contributed by atoms with Gasteiger partial charge in [0.25, 0.3) is 0 Å². The van der Waals surface area contributed by atoms with Crippen molar-refractivity contribution in [2.75, 3.05) is 18.5 Å². The predicted molar refractivity (Wildman–Crippen MR) is 81.8 cm³/mol. The Morgan fingerprint density at radius 1 is 1.21 bits per heavy atom. The monoisotopic (exact) mass is 320 g/mol. The number of rotatable bonds is 5. The summed E-state index contributed by atoms with van der Waals surface area (Å²) in [6, 6.07) is 12.0. The zero-order chi connectivity index (χ0) is 13.7. The highest BCUT2D eigenvalue weighted by molar-refractivity contribution is 9.10. The maximum atomic E-state index is 5.66. The van der Waals surface area contributed by atoms with Crippen molar-refractivity contribution in [3.63, 3.8) is 0 Å². The lowest BCUT2D eigenvalue weighted by Gasteiger charge is -2.09. The van der Waals surface area contributed by atoms with Gasteiger partial charge in [-0.05, 0) is 59.6 Å². The lowest BCUT2D eigenvalue weighted by molar-refractivity contribution is 0.332. The van der Waals surface area contributed by atoms with Crippen LogP contribution in [-0.4, -0.2) is 18.1 Å². The molecule has 0 aliphatic carbocycles. The first kappa shape index (κ1) is 13.9. The molecule has 0 saturated heterocycles. The average molecular weight is 321 g/mol. The zero-order valence-corrected chi connectivity index (χ0v) is 12.7. The Morgan fingerprint density at radius 3 is 2.79 bits per heavy atom. The molecule has 1 N–H and O–H groups in total. The Morgan fingerprint density at radius 2 is 2.05 bits per heavy atom. The van der Waals surface area contributed by atoms with E-state index in [1.54, 1.807) is 0 Å². The molecule has 1 heterocycles.